The minimum atomic E-state index is 0.140. The first-order valence-electron chi connectivity index (χ1n) is 9.65. The van der Waals surface area contributed by atoms with Gasteiger partial charge in [-0.15, -0.1) is 0 Å². The molecule has 2 aliphatic rings. The molecule has 1 amide bonds. The van der Waals surface area contributed by atoms with Crippen LogP contribution in [0, 0.1) is 5.92 Å². The molecule has 0 saturated carbocycles. The molecule has 25 heavy (non-hydrogen) atoms. The highest BCUT2D eigenvalue weighted by molar-refractivity contribution is 5.78. The normalized spacial score (nSPS) is 22.6. The molecule has 0 aromatic heterocycles. The molecule has 1 unspecified atom stereocenters. The van der Waals surface area contributed by atoms with Gasteiger partial charge in [0.25, 0.3) is 0 Å². The number of likely N-dealkylation sites (tertiary alicyclic amines) is 1. The van der Waals surface area contributed by atoms with Crippen molar-refractivity contribution in [3.05, 3.63) is 35.9 Å². The SMILES string of the molecule is O=C(NCCCN1CCOCC1)C1CCCN(Cc2ccccc2)C1. The molecule has 3 rings (SSSR count). The second kappa shape index (κ2) is 9.90. The Hall–Kier alpha value is -1.43. The van der Waals surface area contributed by atoms with Crippen LogP contribution in [0.5, 0.6) is 0 Å². The van der Waals surface area contributed by atoms with E-state index in [0.717, 1.165) is 78.3 Å². The Balaban J connectivity index is 1.35. The van der Waals surface area contributed by atoms with E-state index in [1.54, 1.807) is 0 Å². The maximum atomic E-state index is 12.5. The number of morpholine rings is 1. The monoisotopic (exact) mass is 345 g/mol. The molecular weight excluding hydrogens is 314 g/mol. The van der Waals surface area contributed by atoms with Gasteiger partial charge in [-0.05, 0) is 37.9 Å². The van der Waals surface area contributed by atoms with Crippen molar-refractivity contribution in [2.45, 2.75) is 25.8 Å². The molecule has 0 aliphatic carbocycles. The zero-order valence-corrected chi connectivity index (χ0v) is 15.2. The highest BCUT2D eigenvalue weighted by Gasteiger charge is 2.25. The van der Waals surface area contributed by atoms with Crippen molar-refractivity contribution in [2.24, 2.45) is 5.92 Å². The summed E-state index contributed by atoms with van der Waals surface area (Å²) in [7, 11) is 0. The van der Waals surface area contributed by atoms with Gasteiger partial charge in [-0.3, -0.25) is 14.6 Å². The first kappa shape index (κ1) is 18.4. The maximum Gasteiger partial charge on any atom is 0.224 e. The Labute approximate surface area is 151 Å². The number of rotatable bonds is 7. The van der Waals surface area contributed by atoms with E-state index in [-0.39, 0.29) is 11.8 Å². The lowest BCUT2D eigenvalue weighted by molar-refractivity contribution is -0.126. The zero-order valence-electron chi connectivity index (χ0n) is 15.2. The van der Waals surface area contributed by atoms with Gasteiger partial charge in [0.05, 0.1) is 19.1 Å². The van der Waals surface area contributed by atoms with Gasteiger partial charge in [-0.2, -0.15) is 0 Å². The van der Waals surface area contributed by atoms with Gasteiger partial charge in [0.15, 0.2) is 0 Å². The van der Waals surface area contributed by atoms with Gasteiger partial charge >= 0.3 is 0 Å². The third kappa shape index (κ3) is 6.10. The molecule has 138 valence electrons. The fourth-order valence-corrected chi connectivity index (χ4v) is 3.74. The highest BCUT2D eigenvalue weighted by Crippen LogP contribution is 2.18. The second-order valence-corrected chi connectivity index (χ2v) is 7.16. The Bertz CT molecular complexity index is 517. The summed E-state index contributed by atoms with van der Waals surface area (Å²) in [6.45, 7) is 8.47. The van der Waals surface area contributed by atoms with Gasteiger partial charge in [-0.1, -0.05) is 30.3 Å². The molecule has 1 atom stereocenters. The summed E-state index contributed by atoms with van der Waals surface area (Å²) in [5, 5.41) is 3.15. The minimum absolute atomic E-state index is 0.140. The standard InChI is InChI=1S/C20H31N3O2/c24-20(21-9-5-11-22-12-14-25-15-13-22)19-8-4-10-23(17-19)16-18-6-2-1-3-7-18/h1-3,6-7,19H,4-5,8-17H2,(H,21,24). The molecule has 1 N–H and O–H groups in total. The first-order chi connectivity index (χ1) is 12.3. The minimum Gasteiger partial charge on any atom is -0.379 e. The zero-order chi connectivity index (χ0) is 17.3. The lowest BCUT2D eigenvalue weighted by Crippen LogP contribution is -2.43. The van der Waals surface area contributed by atoms with Crippen LogP contribution in [-0.4, -0.2) is 68.2 Å². The van der Waals surface area contributed by atoms with E-state index >= 15 is 0 Å². The lowest BCUT2D eigenvalue weighted by atomic mass is 9.96. The average Bonchev–Trinajstić information content (AvgIpc) is 2.67. The predicted octanol–water partition coefficient (Wildman–Crippen LogP) is 1.74. The third-order valence-electron chi connectivity index (χ3n) is 5.18. The summed E-state index contributed by atoms with van der Waals surface area (Å²) >= 11 is 0. The Morgan fingerprint density at radius 1 is 1.12 bits per heavy atom. The highest BCUT2D eigenvalue weighted by atomic mass is 16.5. The molecule has 5 nitrogen and oxygen atoms in total. The Morgan fingerprint density at radius 3 is 2.72 bits per heavy atom. The number of nitrogens with one attached hydrogen (secondary N) is 1. The number of ether oxygens (including phenoxy) is 1. The molecule has 2 heterocycles. The van der Waals surface area contributed by atoms with Crippen LogP contribution in [0.25, 0.3) is 0 Å². The first-order valence-corrected chi connectivity index (χ1v) is 9.65. The van der Waals surface area contributed by atoms with E-state index in [4.69, 9.17) is 4.74 Å². The maximum absolute atomic E-state index is 12.5. The molecule has 5 heteroatoms. The smallest absolute Gasteiger partial charge is 0.224 e. The number of carbonyl (C=O) groups is 1. The van der Waals surface area contributed by atoms with Gasteiger partial charge in [0.2, 0.25) is 5.91 Å². The van der Waals surface area contributed by atoms with Crippen molar-refractivity contribution in [1.29, 1.82) is 0 Å². The van der Waals surface area contributed by atoms with Gasteiger partial charge in [-0.25, -0.2) is 0 Å². The van der Waals surface area contributed by atoms with Crippen molar-refractivity contribution >= 4 is 5.91 Å². The number of hydrogen-bond acceptors (Lipinski definition) is 4. The van der Waals surface area contributed by atoms with Crippen LogP contribution in [0.3, 0.4) is 0 Å². The van der Waals surface area contributed by atoms with Crippen LogP contribution >= 0.6 is 0 Å². The molecule has 1 aromatic rings. The van der Waals surface area contributed by atoms with Gasteiger partial charge in [0.1, 0.15) is 0 Å². The number of piperidine rings is 1. The molecule has 0 bridgehead atoms. The number of benzene rings is 1. The van der Waals surface area contributed by atoms with Crippen molar-refractivity contribution in [3.63, 3.8) is 0 Å². The number of nitrogens with zero attached hydrogens (tertiary/aromatic N) is 2. The fraction of sp³-hybridized carbons (Fsp3) is 0.650. The summed E-state index contributed by atoms with van der Waals surface area (Å²) < 4.78 is 5.36. The van der Waals surface area contributed by atoms with Crippen LogP contribution in [0.4, 0.5) is 0 Å². The van der Waals surface area contributed by atoms with Crippen molar-refractivity contribution in [1.82, 2.24) is 15.1 Å². The lowest BCUT2D eigenvalue weighted by Gasteiger charge is -2.32. The van der Waals surface area contributed by atoms with Gasteiger partial charge < -0.3 is 10.1 Å². The molecule has 0 radical (unpaired) electrons. The van der Waals surface area contributed by atoms with E-state index in [2.05, 4.69) is 39.4 Å². The number of hydrogen-bond donors (Lipinski definition) is 1. The van der Waals surface area contributed by atoms with E-state index < -0.39 is 0 Å². The van der Waals surface area contributed by atoms with E-state index in [0.29, 0.717) is 0 Å². The van der Waals surface area contributed by atoms with Crippen LogP contribution in [-0.2, 0) is 16.1 Å². The fourth-order valence-electron chi connectivity index (χ4n) is 3.74. The quantitative estimate of drug-likeness (QED) is 0.765. The van der Waals surface area contributed by atoms with Crippen molar-refractivity contribution in [3.8, 4) is 0 Å². The van der Waals surface area contributed by atoms with E-state index in [1.807, 2.05) is 6.07 Å². The molecule has 1 aromatic carbocycles. The second-order valence-electron chi connectivity index (χ2n) is 7.16. The van der Waals surface area contributed by atoms with Crippen LogP contribution in [0.1, 0.15) is 24.8 Å². The topological polar surface area (TPSA) is 44.8 Å². The number of amides is 1. The summed E-state index contributed by atoms with van der Waals surface area (Å²) in [5.41, 5.74) is 1.33. The van der Waals surface area contributed by atoms with E-state index in [9.17, 15) is 4.79 Å². The molecule has 2 aliphatic heterocycles. The van der Waals surface area contributed by atoms with Crippen LogP contribution in [0.15, 0.2) is 30.3 Å². The van der Waals surface area contributed by atoms with Gasteiger partial charge in [0, 0.05) is 32.7 Å². The van der Waals surface area contributed by atoms with Crippen molar-refractivity contribution < 1.29 is 9.53 Å². The third-order valence-corrected chi connectivity index (χ3v) is 5.18. The average molecular weight is 345 g/mol. The Kier molecular flexibility index (Phi) is 7.27. The van der Waals surface area contributed by atoms with Crippen molar-refractivity contribution in [2.75, 3.05) is 52.5 Å². The van der Waals surface area contributed by atoms with Crippen LogP contribution < -0.4 is 5.32 Å². The Morgan fingerprint density at radius 2 is 1.92 bits per heavy atom. The molecule has 2 fully saturated rings. The predicted molar refractivity (Wildman–Crippen MR) is 99.3 cm³/mol. The largest absolute Gasteiger partial charge is 0.379 e. The molecule has 0 spiro atoms. The van der Waals surface area contributed by atoms with E-state index in [1.165, 1.54) is 5.56 Å². The number of carbonyl (C=O) groups excluding carboxylic acids is 1. The summed E-state index contributed by atoms with van der Waals surface area (Å²) in [4.78, 5) is 17.3. The molecule has 2 saturated heterocycles. The molecular formula is C20H31N3O2. The summed E-state index contributed by atoms with van der Waals surface area (Å²) in [5.74, 6) is 0.376. The summed E-state index contributed by atoms with van der Waals surface area (Å²) in [6.07, 6.45) is 3.14. The van der Waals surface area contributed by atoms with Crippen LogP contribution in [0.2, 0.25) is 0 Å². The summed E-state index contributed by atoms with van der Waals surface area (Å²) in [6, 6.07) is 10.5.